The Labute approximate surface area is 96.6 Å². The smallest absolute Gasteiger partial charge is 0.268 e. The fourth-order valence-corrected chi connectivity index (χ4v) is 1.35. The van der Waals surface area contributed by atoms with Gasteiger partial charge >= 0.3 is 0 Å². The molecule has 0 saturated carbocycles. The van der Waals surface area contributed by atoms with Crippen LogP contribution < -0.4 is 10.9 Å². The lowest BCUT2D eigenvalue weighted by Gasteiger charge is -2.01. The lowest BCUT2D eigenvalue weighted by atomic mass is 10.3. The van der Waals surface area contributed by atoms with E-state index in [1.807, 2.05) is 0 Å². The highest BCUT2D eigenvalue weighted by molar-refractivity contribution is 5.92. The third-order valence-corrected chi connectivity index (χ3v) is 2.12. The van der Waals surface area contributed by atoms with Crippen LogP contribution in [0.3, 0.4) is 0 Å². The third kappa shape index (κ3) is 2.81. The number of pyridine rings is 1. The first-order valence-electron chi connectivity index (χ1n) is 5.05. The molecule has 0 aromatic carbocycles. The second-order valence-electron chi connectivity index (χ2n) is 3.54. The Morgan fingerprint density at radius 3 is 3.00 bits per heavy atom. The van der Waals surface area contributed by atoms with Gasteiger partial charge < -0.3 is 14.8 Å². The van der Waals surface area contributed by atoms with E-state index in [1.165, 1.54) is 18.2 Å². The van der Waals surface area contributed by atoms with Gasteiger partial charge in [0, 0.05) is 12.1 Å². The number of nitrogens with one attached hydrogen (secondary N) is 2. The van der Waals surface area contributed by atoms with E-state index in [2.05, 4.69) is 15.5 Å². The van der Waals surface area contributed by atoms with Crippen molar-refractivity contribution >= 4 is 5.91 Å². The molecule has 88 valence electrons. The number of aromatic nitrogens is 2. The van der Waals surface area contributed by atoms with E-state index >= 15 is 0 Å². The molecule has 2 aromatic rings. The van der Waals surface area contributed by atoms with Crippen molar-refractivity contribution < 1.29 is 9.32 Å². The summed E-state index contributed by atoms with van der Waals surface area (Å²) < 4.78 is 4.86. The van der Waals surface area contributed by atoms with Crippen LogP contribution in [0.4, 0.5) is 0 Å². The summed E-state index contributed by atoms with van der Waals surface area (Å²) in [7, 11) is 0. The van der Waals surface area contributed by atoms with Crippen molar-refractivity contribution in [3.05, 3.63) is 51.8 Å². The second kappa shape index (κ2) is 4.65. The molecule has 0 saturated heterocycles. The van der Waals surface area contributed by atoms with Crippen molar-refractivity contribution in [2.24, 2.45) is 0 Å². The topological polar surface area (TPSA) is 88.0 Å². The third-order valence-electron chi connectivity index (χ3n) is 2.12. The number of H-pyrrole nitrogens is 1. The van der Waals surface area contributed by atoms with Gasteiger partial charge in [-0.25, -0.2) is 0 Å². The average Bonchev–Trinajstić information content (AvgIpc) is 2.72. The van der Waals surface area contributed by atoms with Crippen LogP contribution in [-0.2, 0) is 6.54 Å². The number of aromatic amines is 1. The fraction of sp³-hybridized carbons (Fsp3) is 0.182. The summed E-state index contributed by atoms with van der Waals surface area (Å²) in [5.41, 5.74) is 0.543. The van der Waals surface area contributed by atoms with Crippen LogP contribution in [-0.4, -0.2) is 16.0 Å². The van der Waals surface area contributed by atoms with E-state index in [1.54, 1.807) is 13.0 Å². The van der Waals surface area contributed by atoms with Gasteiger partial charge in [0.25, 0.3) is 5.91 Å². The van der Waals surface area contributed by atoms with Crippen molar-refractivity contribution in [3.63, 3.8) is 0 Å². The number of aryl methyl sites for hydroxylation is 1. The first-order valence-corrected chi connectivity index (χ1v) is 5.05. The van der Waals surface area contributed by atoms with Crippen molar-refractivity contribution in [2.75, 3.05) is 0 Å². The zero-order valence-electron chi connectivity index (χ0n) is 9.19. The minimum atomic E-state index is -0.358. The highest BCUT2D eigenvalue weighted by Crippen LogP contribution is 2.01. The highest BCUT2D eigenvalue weighted by atomic mass is 16.5. The minimum absolute atomic E-state index is 0.220. The first kappa shape index (κ1) is 11.1. The van der Waals surface area contributed by atoms with Gasteiger partial charge in [-0.2, -0.15) is 0 Å². The van der Waals surface area contributed by atoms with Crippen LogP contribution in [0.2, 0.25) is 0 Å². The number of hydrogen-bond acceptors (Lipinski definition) is 4. The molecule has 0 aliphatic heterocycles. The summed E-state index contributed by atoms with van der Waals surface area (Å²) in [5, 5.41) is 6.36. The monoisotopic (exact) mass is 233 g/mol. The number of nitrogens with zero attached hydrogens (tertiary/aromatic N) is 1. The predicted octanol–water partition coefficient (Wildman–Crippen LogP) is 0.601. The molecule has 2 aromatic heterocycles. The number of hydrogen-bond donors (Lipinski definition) is 2. The molecule has 2 rings (SSSR count). The lowest BCUT2D eigenvalue weighted by molar-refractivity contribution is 0.0945. The number of carbonyl (C=O) groups excluding carboxylic acids is 1. The van der Waals surface area contributed by atoms with Crippen LogP contribution in [0.15, 0.2) is 33.6 Å². The fourth-order valence-electron chi connectivity index (χ4n) is 1.35. The van der Waals surface area contributed by atoms with Gasteiger partial charge in [-0.1, -0.05) is 11.2 Å². The molecule has 6 nitrogen and oxygen atoms in total. The molecule has 0 spiro atoms. The SMILES string of the molecule is Cc1cc(CNC(=O)c2cccc(=O)[nH]2)no1. The zero-order chi connectivity index (χ0) is 12.3. The van der Waals surface area contributed by atoms with Crippen molar-refractivity contribution in [1.82, 2.24) is 15.5 Å². The summed E-state index contributed by atoms with van der Waals surface area (Å²) in [5.74, 6) is 0.325. The molecule has 2 N–H and O–H groups in total. The Balaban J connectivity index is 2.00. The predicted molar refractivity (Wildman–Crippen MR) is 59.5 cm³/mol. The maximum atomic E-state index is 11.6. The Morgan fingerprint density at radius 1 is 1.53 bits per heavy atom. The molecule has 6 heteroatoms. The summed E-state index contributed by atoms with van der Waals surface area (Å²) >= 11 is 0. The van der Waals surface area contributed by atoms with Gasteiger partial charge in [-0.05, 0) is 13.0 Å². The molecule has 0 radical (unpaired) electrons. The van der Waals surface area contributed by atoms with Crippen molar-refractivity contribution in [1.29, 1.82) is 0 Å². The van der Waals surface area contributed by atoms with Gasteiger partial charge in [0.1, 0.15) is 17.1 Å². The van der Waals surface area contributed by atoms with E-state index in [0.717, 1.165) is 0 Å². The average molecular weight is 233 g/mol. The van der Waals surface area contributed by atoms with Gasteiger partial charge in [0.05, 0.1) is 6.54 Å². The van der Waals surface area contributed by atoms with Gasteiger partial charge in [0.2, 0.25) is 5.56 Å². The second-order valence-corrected chi connectivity index (χ2v) is 3.54. The molecule has 0 aliphatic carbocycles. The number of amides is 1. The van der Waals surface area contributed by atoms with Crippen LogP contribution >= 0.6 is 0 Å². The Hall–Kier alpha value is -2.37. The van der Waals surface area contributed by atoms with Gasteiger partial charge in [-0.3, -0.25) is 9.59 Å². The molecule has 0 bridgehead atoms. The normalized spacial score (nSPS) is 10.2. The van der Waals surface area contributed by atoms with E-state index in [0.29, 0.717) is 11.5 Å². The maximum absolute atomic E-state index is 11.6. The van der Waals surface area contributed by atoms with E-state index in [9.17, 15) is 9.59 Å². The molecule has 0 fully saturated rings. The summed E-state index contributed by atoms with van der Waals surface area (Å²) in [6, 6.07) is 6.13. The highest BCUT2D eigenvalue weighted by Gasteiger charge is 2.07. The first-order chi connectivity index (χ1) is 8.15. The molecule has 0 unspecified atom stereocenters. The number of rotatable bonds is 3. The standard InChI is InChI=1S/C11H11N3O3/c1-7-5-8(14-17-7)6-12-11(16)9-3-2-4-10(15)13-9/h2-5H,6H2,1H3,(H,12,16)(H,13,15). The van der Waals surface area contributed by atoms with Gasteiger partial charge in [0.15, 0.2) is 0 Å². The quantitative estimate of drug-likeness (QED) is 0.812. The van der Waals surface area contributed by atoms with E-state index in [4.69, 9.17) is 4.52 Å². The molecular weight excluding hydrogens is 222 g/mol. The van der Waals surface area contributed by atoms with Crippen molar-refractivity contribution in [2.45, 2.75) is 13.5 Å². The Kier molecular flexibility index (Phi) is 3.04. The Morgan fingerprint density at radius 2 is 2.35 bits per heavy atom. The van der Waals surface area contributed by atoms with E-state index < -0.39 is 0 Å². The minimum Gasteiger partial charge on any atom is -0.361 e. The molecule has 17 heavy (non-hydrogen) atoms. The number of carbonyl (C=O) groups is 1. The molecule has 0 aliphatic rings. The zero-order valence-corrected chi connectivity index (χ0v) is 9.19. The van der Waals surface area contributed by atoms with Crippen molar-refractivity contribution in [3.8, 4) is 0 Å². The van der Waals surface area contributed by atoms with Crippen LogP contribution in [0.1, 0.15) is 21.9 Å². The van der Waals surface area contributed by atoms with Crippen LogP contribution in [0, 0.1) is 6.92 Å². The summed E-state index contributed by atoms with van der Waals surface area (Å²) in [6.07, 6.45) is 0. The molecular formula is C11H11N3O3. The van der Waals surface area contributed by atoms with Crippen LogP contribution in [0.25, 0.3) is 0 Å². The summed E-state index contributed by atoms with van der Waals surface area (Å²) in [4.78, 5) is 25.1. The summed E-state index contributed by atoms with van der Waals surface area (Å²) in [6.45, 7) is 2.03. The molecule has 0 atom stereocenters. The Bertz CT molecular complexity index is 585. The maximum Gasteiger partial charge on any atom is 0.268 e. The molecule has 1 amide bonds. The van der Waals surface area contributed by atoms with Crippen LogP contribution in [0.5, 0.6) is 0 Å². The van der Waals surface area contributed by atoms with Gasteiger partial charge in [-0.15, -0.1) is 0 Å². The lowest BCUT2D eigenvalue weighted by Crippen LogP contribution is -2.25. The molecule has 2 heterocycles. The van der Waals surface area contributed by atoms with E-state index in [-0.39, 0.29) is 23.7 Å². The largest absolute Gasteiger partial charge is 0.361 e.